The Labute approximate surface area is 172 Å². The minimum Gasteiger partial charge on any atom is -0.504 e. The Kier molecular flexibility index (Phi) is 5.67. The maximum Gasteiger partial charge on any atom is 0.255 e. The first-order chi connectivity index (χ1) is 14.2. The smallest absolute Gasteiger partial charge is 0.255 e. The van der Waals surface area contributed by atoms with E-state index in [-0.39, 0.29) is 11.7 Å². The normalized spacial score (nSPS) is 13.4. The zero-order valence-corrected chi connectivity index (χ0v) is 16.9. The molecule has 1 amide bonds. The van der Waals surface area contributed by atoms with Gasteiger partial charge in [0, 0.05) is 11.1 Å². The molecule has 2 N–H and O–H groups in total. The summed E-state index contributed by atoms with van der Waals surface area (Å²) in [5.41, 5.74) is 2.50. The van der Waals surface area contributed by atoms with Gasteiger partial charge in [0.25, 0.3) is 5.91 Å². The molecule has 0 aliphatic heterocycles. The first kappa shape index (κ1) is 19.3. The SMILES string of the molecule is COc1ccc(C=Nc2sc3c(c2C(=O)NCc2ccco2)CCCC3)cc1O. The van der Waals surface area contributed by atoms with Crippen LogP contribution in [0.15, 0.2) is 46.0 Å². The summed E-state index contributed by atoms with van der Waals surface area (Å²) in [4.78, 5) is 18.8. The van der Waals surface area contributed by atoms with E-state index < -0.39 is 0 Å². The van der Waals surface area contributed by atoms with Gasteiger partial charge in [-0.15, -0.1) is 11.3 Å². The number of methoxy groups -OCH3 is 1. The standard InChI is InChI=1S/C22H22N2O4S/c1-27-18-9-8-14(11-17(18)25)12-24-22-20(16-6-2-3-7-19(16)29-22)21(26)23-13-15-5-4-10-28-15/h4-5,8-12,25H,2-3,6-7,13H2,1H3,(H,23,26). The predicted octanol–water partition coefficient (Wildman–Crippen LogP) is 4.61. The second kappa shape index (κ2) is 8.53. The number of benzene rings is 1. The largest absolute Gasteiger partial charge is 0.504 e. The van der Waals surface area contributed by atoms with Crippen molar-refractivity contribution < 1.29 is 19.1 Å². The lowest BCUT2D eigenvalue weighted by molar-refractivity contribution is 0.0948. The molecule has 0 saturated carbocycles. The number of aliphatic imine (C=N–C) groups is 1. The van der Waals surface area contributed by atoms with Crippen molar-refractivity contribution in [3.63, 3.8) is 0 Å². The quantitative estimate of drug-likeness (QED) is 0.581. The van der Waals surface area contributed by atoms with E-state index in [1.807, 2.05) is 12.1 Å². The second-order valence-electron chi connectivity index (χ2n) is 6.84. The molecular formula is C22H22N2O4S. The molecule has 29 heavy (non-hydrogen) atoms. The highest BCUT2D eigenvalue weighted by atomic mass is 32.1. The Morgan fingerprint density at radius 1 is 1.34 bits per heavy atom. The molecule has 0 bridgehead atoms. The average molecular weight is 410 g/mol. The van der Waals surface area contributed by atoms with E-state index in [2.05, 4.69) is 10.3 Å². The number of carbonyl (C=O) groups excluding carboxylic acids is 1. The van der Waals surface area contributed by atoms with Crippen LogP contribution in [0.2, 0.25) is 0 Å². The maximum atomic E-state index is 13.0. The van der Waals surface area contributed by atoms with Crippen LogP contribution < -0.4 is 10.1 Å². The predicted molar refractivity (Wildman–Crippen MR) is 113 cm³/mol. The van der Waals surface area contributed by atoms with Crippen LogP contribution in [0.1, 0.15) is 45.0 Å². The van der Waals surface area contributed by atoms with Crippen molar-refractivity contribution in [2.24, 2.45) is 4.99 Å². The third kappa shape index (κ3) is 4.19. The number of nitrogens with zero attached hydrogens (tertiary/aromatic N) is 1. The van der Waals surface area contributed by atoms with Crippen molar-refractivity contribution in [3.8, 4) is 11.5 Å². The Morgan fingerprint density at radius 3 is 2.97 bits per heavy atom. The molecule has 0 unspecified atom stereocenters. The van der Waals surface area contributed by atoms with Gasteiger partial charge in [0.1, 0.15) is 10.8 Å². The fourth-order valence-electron chi connectivity index (χ4n) is 3.47. The van der Waals surface area contributed by atoms with Gasteiger partial charge in [0.15, 0.2) is 11.5 Å². The van der Waals surface area contributed by atoms with Gasteiger partial charge in [-0.2, -0.15) is 0 Å². The molecule has 150 valence electrons. The van der Waals surface area contributed by atoms with Crippen LogP contribution in [0, 0.1) is 0 Å². The number of ether oxygens (including phenoxy) is 1. The number of rotatable bonds is 6. The van der Waals surface area contributed by atoms with Crippen LogP contribution in [0.3, 0.4) is 0 Å². The fraction of sp³-hybridized carbons (Fsp3) is 0.273. The number of furan rings is 1. The zero-order valence-electron chi connectivity index (χ0n) is 16.1. The Hall–Kier alpha value is -3.06. The molecule has 1 aromatic carbocycles. The summed E-state index contributed by atoms with van der Waals surface area (Å²) >= 11 is 1.58. The zero-order chi connectivity index (χ0) is 20.2. The molecule has 7 heteroatoms. The number of hydrogen-bond donors (Lipinski definition) is 2. The Bertz CT molecular complexity index is 1040. The summed E-state index contributed by atoms with van der Waals surface area (Å²) in [6.07, 6.45) is 7.35. The van der Waals surface area contributed by atoms with E-state index in [1.165, 1.54) is 12.0 Å². The molecule has 1 aliphatic carbocycles. The lowest BCUT2D eigenvalue weighted by atomic mass is 9.95. The molecule has 6 nitrogen and oxygen atoms in total. The van der Waals surface area contributed by atoms with Crippen LogP contribution >= 0.6 is 11.3 Å². The van der Waals surface area contributed by atoms with E-state index >= 15 is 0 Å². The highest BCUT2D eigenvalue weighted by Gasteiger charge is 2.25. The molecule has 4 rings (SSSR count). The first-order valence-electron chi connectivity index (χ1n) is 9.52. The van der Waals surface area contributed by atoms with E-state index in [0.717, 1.165) is 36.8 Å². The lowest BCUT2D eigenvalue weighted by Crippen LogP contribution is -2.23. The Balaban J connectivity index is 1.61. The third-order valence-corrected chi connectivity index (χ3v) is 6.12. The molecular weight excluding hydrogens is 388 g/mol. The van der Waals surface area contributed by atoms with Crippen LogP contribution in [0.4, 0.5) is 5.00 Å². The maximum absolute atomic E-state index is 13.0. The Morgan fingerprint density at radius 2 is 2.21 bits per heavy atom. The van der Waals surface area contributed by atoms with Crippen molar-refractivity contribution in [2.45, 2.75) is 32.2 Å². The van der Waals surface area contributed by atoms with Crippen molar-refractivity contribution in [3.05, 3.63) is 63.9 Å². The van der Waals surface area contributed by atoms with Gasteiger partial charge in [0.05, 0.1) is 25.5 Å². The van der Waals surface area contributed by atoms with Crippen LogP contribution in [0.25, 0.3) is 0 Å². The topological polar surface area (TPSA) is 84.1 Å². The average Bonchev–Trinajstić information content (AvgIpc) is 3.38. The molecule has 0 spiro atoms. The lowest BCUT2D eigenvalue weighted by Gasteiger charge is -2.12. The van der Waals surface area contributed by atoms with Gasteiger partial charge in [-0.05, 0) is 67.1 Å². The van der Waals surface area contributed by atoms with E-state index in [0.29, 0.717) is 28.6 Å². The highest BCUT2D eigenvalue weighted by molar-refractivity contribution is 7.16. The monoisotopic (exact) mass is 410 g/mol. The number of carbonyl (C=O) groups is 1. The highest BCUT2D eigenvalue weighted by Crippen LogP contribution is 2.40. The van der Waals surface area contributed by atoms with Gasteiger partial charge in [0.2, 0.25) is 0 Å². The molecule has 2 heterocycles. The first-order valence-corrected chi connectivity index (χ1v) is 10.3. The molecule has 3 aromatic rings. The van der Waals surface area contributed by atoms with Crippen LogP contribution in [0.5, 0.6) is 11.5 Å². The summed E-state index contributed by atoms with van der Waals surface area (Å²) in [5, 5.41) is 13.6. The summed E-state index contributed by atoms with van der Waals surface area (Å²) < 4.78 is 10.4. The van der Waals surface area contributed by atoms with Crippen LogP contribution in [-0.4, -0.2) is 24.3 Å². The fourth-order valence-corrected chi connectivity index (χ4v) is 4.70. The second-order valence-corrected chi connectivity index (χ2v) is 7.93. The number of aromatic hydroxyl groups is 1. The number of amides is 1. The number of phenolic OH excluding ortho intramolecular Hbond substituents is 1. The molecule has 2 aromatic heterocycles. The summed E-state index contributed by atoms with van der Waals surface area (Å²) in [6.45, 7) is 0.339. The molecule has 1 aliphatic rings. The minimum absolute atomic E-state index is 0.0540. The van der Waals surface area contributed by atoms with Crippen molar-refractivity contribution in [1.29, 1.82) is 0 Å². The van der Waals surface area contributed by atoms with Crippen molar-refractivity contribution in [2.75, 3.05) is 7.11 Å². The molecule has 0 atom stereocenters. The van der Waals surface area contributed by atoms with Crippen LogP contribution in [-0.2, 0) is 19.4 Å². The van der Waals surface area contributed by atoms with Crippen molar-refractivity contribution in [1.82, 2.24) is 5.32 Å². The summed E-state index contributed by atoms with van der Waals surface area (Å²) in [5.74, 6) is 1.04. The van der Waals surface area contributed by atoms with Gasteiger partial charge in [-0.25, -0.2) is 4.99 Å². The number of thiophene rings is 1. The van der Waals surface area contributed by atoms with Gasteiger partial charge in [-0.3, -0.25) is 4.79 Å². The van der Waals surface area contributed by atoms with Gasteiger partial charge in [-0.1, -0.05) is 0 Å². The van der Waals surface area contributed by atoms with Crippen molar-refractivity contribution >= 4 is 28.5 Å². The number of hydrogen-bond acceptors (Lipinski definition) is 6. The third-order valence-electron chi connectivity index (χ3n) is 4.92. The van der Waals surface area contributed by atoms with Gasteiger partial charge >= 0.3 is 0 Å². The number of aryl methyl sites for hydroxylation is 1. The minimum atomic E-state index is -0.134. The van der Waals surface area contributed by atoms with E-state index in [1.54, 1.807) is 42.0 Å². The summed E-state index contributed by atoms with van der Waals surface area (Å²) in [6, 6.07) is 8.72. The number of fused-ring (bicyclic) bond motifs is 1. The van der Waals surface area contributed by atoms with E-state index in [9.17, 15) is 9.90 Å². The van der Waals surface area contributed by atoms with E-state index in [4.69, 9.17) is 9.15 Å². The molecule has 0 radical (unpaired) electrons. The molecule has 0 fully saturated rings. The number of nitrogens with one attached hydrogen (secondary N) is 1. The molecule has 0 saturated heterocycles. The van der Waals surface area contributed by atoms with Gasteiger partial charge < -0.3 is 19.6 Å². The number of phenols is 1. The summed E-state index contributed by atoms with van der Waals surface area (Å²) in [7, 11) is 1.51.